The Morgan fingerprint density at radius 1 is 1.11 bits per heavy atom. The first-order chi connectivity index (χ1) is 18.4. The van der Waals surface area contributed by atoms with Crippen molar-refractivity contribution in [2.45, 2.75) is 88.4 Å². The third-order valence-corrected chi connectivity index (χ3v) is 9.34. The van der Waals surface area contributed by atoms with Gasteiger partial charge in [-0.1, -0.05) is 55.5 Å². The Labute approximate surface area is 238 Å². The van der Waals surface area contributed by atoms with E-state index in [0.717, 1.165) is 53.1 Å². The van der Waals surface area contributed by atoms with Gasteiger partial charge in [0.05, 0.1) is 19.4 Å². The summed E-state index contributed by atoms with van der Waals surface area (Å²) in [5.41, 5.74) is 1.82. The number of hydrogen-bond acceptors (Lipinski definition) is 5. The van der Waals surface area contributed by atoms with E-state index in [1.54, 1.807) is 25.8 Å². The first-order valence-electron chi connectivity index (χ1n) is 14.2. The van der Waals surface area contributed by atoms with Gasteiger partial charge in [-0.25, -0.2) is 0 Å². The number of amides is 1. The summed E-state index contributed by atoms with van der Waals surface area (Å²) in [7, 11) is 1.66. The van der Waals surface area contributed by atoms with Crippen molar-refractivity contribution < 1.29 is 14.3 Å². The summed E-state index contributed by atoms with van der Waals surface area (Å²) in [6.45, 7) is 9.00. The molecule has 0 aromatic heterocycles. The average molecular weight is 559 g/mol. The second-order valence-corrected chi connectivity index (χ2v) is 12.4. The van der Waals surface area contributed by atoms with E-state index in [9.17, 15) is 4.79 Å². The maximum atomic E-state index is 12.7. The van der Waals surface area contributed by atoms with Gasteiger partial charge in [-0.05, 0) is 82.0 Å². The number of rotatable bonds is 12. The van der Waals surface area contributed by atoms with Crippen LogP contribution in [-0.2, 0) is 4.79 Å². The predicted molar refractivity (Wildman–Crippen MR) is 159 cm³/mol. The number of ether oxygens (including phenoxy) is 2. The van der Waals surface area contributed by atoms with E-state index in [0.29, 0.717) is 17.7 Å². The van der Waals surface area contributed by atoms with Gasteiger partial charge in [0.2, 0.25) is 5.91 Å². The zero-order chi connectivity index (χ0) is 27.1. The van der Waals surface area contributed by atoms with Crippen molar-refractivity contribution >= 4 is 35.0 Å². The molecule has 7 heteroatoms. The Balaban J connectivity index is 1.38. The quantitative estimate of drug-likeness (QED) is 0.245. The molecule has 1 atom stereocenters. The maximum absolute atomic E-state index is 12.7. The van der Waals surface area contributed by atoms with Crippen LogP contribution < -0.4 is 14.4 Å². The van der Waals surface area contributed by atoms with Crippen molar-refractivity contribution in [2.75, 3.05) is 31.7 Å². The van der Waals surface area contributed by atoms with E-state index in [-0.39, 0.29) is 11.3 Å². The van der Waals surface area contributed by atoms with Gasteiger partial charge >= 0.3 is 0 Å². The molecule has 5 nitrogen and oxygen atoms in total. The van der Waals surface area contributed by atoms with E-state index >= 15 is 0 Å². The number of anilines is 1. The van der Waals surface area contributed by atoms with Crippen LogP contribution in [0.1, 0.15) is 83.1 Å². The number of nitrogens with zero attached hydrogens (tertiary/aromatic N) is 2. The molecule has 4 rings (SSSR count). The minimum Gasteiger partial charge on any atom is -0.497 e. The van der Waals surface area contributed by atoms with Gasteiger partial charge < -0.3 is 14.4 Å². The SMILES string of the molecule is COc1ccc(OCCCN(CCCC2CCCCC2)C(C)C)c(C2Sc3cc(Cl)ccc3N2C(C)=O)c1. The Hall–Kier alpha value is -1.89. The summed E-state index contributed by atoms with van der Waals surface area (Å²) in [6.07, 6.45) is 10.7. The Morgan fingerprint density at radius 2 is 1.87 bits per heavy atom. The number of hydrogen-bond donors (Lipinski definition) is 0. The molecule has 0 N–H and O–H groups in total. The van der Waals surface area contributed by atoms with Crippen LogP contribution in [0.25, 0.3) is 0 Å². The Kier molecular flexibility index (Phi) is 10.7. The van der Waals surface area contributed by atoms with Crippen molar-refractivity contribution in [1.82, 2.24) is 4.90 Å². The number of methoxy groups -OCH3 is 1. The molecule has 1 amide bonds. The topological polar surface area (TPSA) is 42.0 Å². The van der Waals surface area contributed by atoms with Crippen LogP contribution in [0, 0.1) is 5.92 Å². The molecule has 0 bridgehead atoms. The van der Waals surface area contributed by atoms with Gasteiger partial charge in [0.1, 0.15) is 16.9 Å². The molecule has 1 aliphatic heterocycles. The lowest BCUT2D eigenvalue weighted by Gasteiger charge is -2.28. The molecular formula is C31H43ClN2O3S. The van der Waals surface area contributed by atoms with Crippen molar-refractivity contribution in [3.8, 4) is 11.5 Å². The molecule has 2 aromatic rings. The summed E-state index contributed by atoms with van der Waals surface area (Å²) < 4.78 is 11.9. The van der Waals surface area contributed by atoms with Crippen molar-refractivity contribution in [3.63, 3.8) is 0 Å². The van der Waals surface area contributed by atoms with Crippen molar-refractivity contribution in [2.24, 2.45) is 5.92 Å². The van der Waals surface area contributed by atoms with Crippen LogP contribution in [0.4, 0.5) is 5.69 Å². The standard InChI is InChI=1S/C31H43ClN2O3S/c1-22(2)33(17-8-12-24-10-6-5-7-11-24)18-9-19-37-29-16-14-26(36-4)21-27(29)31-34(23(3)35)28-15-13-25(32)20-30(28)38-31/h13-16,20-22,24,31H,5-12,17-19H2,1-4H3. The average Bonchev–Trinajstić information content (AvgIpc) is 3.29. The van der Waals surface area contributed by atoms with Crippen LogP contribution in [0.2, 0.25) is 5.02 Å². The highest BCUT2D eigenvalue weighted by Gasteiger charge is 2.36. The summed E-state index contributed by atoms with van der Waals surface area (Å²) in [5, 5.41) is 0.425. The molecule has 1 fully saturated rings. The van der Waals surface area contributed by atoms with Gasteiger partial charge in [-0.2, -0.15) is 0 Å². The molecule has 0 spiro atoms. The number of carbonyl (C=O) groups excluding carboxylic acids is 1. The highest BCUT2D eigenvalue weighted by molar-refractivity contribution is 8.00. The van der Waals surface area contributed by atoms with E-state index in [1.165, 1.54) is 44.9 Å². The van der Waals surface area contributed by atoms with Crippen molar-refractivity contribution in [1.29, 1.82) is 0 Å². The first-order valence-corrected chi connectivity index (χ1v) is 15.4. The highest BCUT2D eigenvalue weighted by Crippen LogP contribution is 2.54. The zero-order valence-electron chi connectivity index (χ0n) is 23.4. The van der Waals surface area contributed by atoms with E-state index in [1.807, 2.05) is 41.3 Å². The third-order valence-electron chi connectivity index (χ3n) is 7.84. The maximum Gasteiger partial charge on any atom is 0.225 e. The van der Waals surface area contributed by atoms with Crippen LogP contribution in [-0.4, -0.2) is 43.7 Å². The fraction of sp³-hybridized carbons (Fsp3) is 0.581. The monoisotopic (exact) mass is 558 g/mol. The second-order valence-electron chi connectivity index (χ2n) is 10.9. The van der Waals surface area contributed by atoms with Crippen LogP contribution in [0.5, 0.6) is 11.5 Å². The molecule has 208 valence electrons. The largest absolute Gasteiger partial charge is 0.497 e. The van der Waals surface area contributed by atoms with E-state index < -0.39 is 0 Å². The molecule has 0 saturated heterocycles. The Morgan fingerprint density at radius 3 is 2.58 bits per heavy atom. The second kappa shape index (κ2) is 14.0. The predicted octanol–water partition coefficient (Wildman–Crippen LogP) is 8.35. The summed E-state index contributed by atoms with van der Waals surface area (Å²) >= 11 is 7.88. The van der Waals surface area contributed by atoms with Gasteiger partial charge in [0.15, 0.2) is 0 Å². The smallest absolute Gasteiger partial charge is 0.225 e. The Bertz CT molecular complexity index is 1070. The summed E-state index contributed by atoms with van der Waals surface area (Å²) in [6, 6.07) is 12.1. The van der Waals surface area contributed by atoms with Gasteiger partial charge in [0, 0.05) is 35.0 Å². The lowest BCUT2D eigenvalue weighted by Crippen LogP contribution is -2.33. The molecule has 1 heterocycles. The highest BCUT2D eigenvalue weighted by atomic mass is 35.5. The number of halogens is 1. The van der Waals surface area contributed by atoms with Crippen molar-refractivity contribution in [3.05, 3.63) is 47.0 Å². The molecule has 38 heavy (non-hydrogen) atoms. The molecule has 0 radical (unpaired) electrons. The minimum absolute atomic E-state index is 0.0156. The van der Waals surface area contributed by atoms with Crippen LogP contribution >= 0.6 is 23.4 Å². The summed E-state index contributed by atoms with van der Waals surface area (Å²) in [5.74, 6) is 2.47. The number of fused-ring (bicyclic) bond motifs is 1. The molecule has 1 saturated carbocycles. The first kappa shape index (κ1) is 29.1. The molecule has 1 unspecified atom stereocenters. The molecule has 2 aliphatic rings. The fourth-order valence-electron chi connectivity index (χ4n) is 5.73. The number of carbonyl (C=O) groups is 1. The van der Waals surface area contributed by atoms with E-state index in [2.05, 4.69) is 18.7 Å². The lowest BCUT2D eigenvalue weighted by atomic mass is 9.86. The minimum atomic E-state index is -0.238. The molecule has 2 aromatic carbocycles. The summed E-state index contributed by atoms with van der Waals surface area (Å²) in [4.78, 5) is 18.1. The van der Waals surface area contributed by atoms with Gasteiger partial charge in [-0.3, -0.25) is 9.69 Å². The lowest BCUT2D eigenvalue weighted by molar-refractivity contribution is -0.116. The zero-order valence-corrected chi connectivity index (χ0v) is 25.0. The van der Waals surface area contributed by atoms with E-state index in [4.69, 9.17) is 21.1 Å². The fourth-order valence-corrected chi connectivity index (χ4v) is 7.37. The normalized spacial score (nSPS) is 17.8. The van der Waals surface area contributed by atoms with Gasteiger partial charge in [0.25, 0.3) is 0 Å². The molecule has 1 aliphatic carbocycles. The number of benzene rings is 2. The van der Waals surface area contributed by atoms with Crippen LogP contribution in [0.3, 0.4) is 0 Å². The van der Waals surface area contributed by atoms with Crippen LogP contribution in [0.15, 0.2) is 41.3 Å². The third kappa shape index (κ3) is 7.40. The van der Waals surface area contributed by atoms with Gasteiger partial charge in [-0.15, -0.1) is 0 Å². The molecular weight excluding hydrogens is 516 g/mol. The number of thioether (sulfide) groups is 1.